The van der Waals surface area contributed by atoms with Gasteiger partial charge in [-0.05, 0) is 42.5 Å². The number of esters is 1. The first-order valence-corrected chi connectivity index (χ1v) is 12.4. The molecule has 1 aliphatic rings. The minimum atomic E-state index is -4.04. The lowest BCUT2D eigenvalue weighted by atomic mass is 10.2. The first kappa shape index (κ1) is 23.4. The Morgan fingerprint density at radius 2 is 1.64 bits per heavy atom. The zero-order valence-electron chi connectivity index (χ0n) is 19.5. The quantitative estimate of drug-likeness (QED) is 0.380. The predicted octanol–water partition coefficient (Wildman–Crippen LogP) is 3.73. The zero-order chi connectivity index (χ0) is 25.4. The Balaban J connectivity index is 1.57. The van der Waals surface area contributed by atoms with Crippen molar-refractivity contribution in [3.63, 3.8) is 0 Å². The summed E-state index contributed by atoms with van der Waals surface area (Å²) in [7, 11) is -1.28. The number of methoxy groups -OCH3 is 2. The fourth-order valence-corrected chi connectivity index (χ4v) is 5.70. The van der Waals surface area contributed by atoms with Gasteiger partial charge in [-0.2, -0.15) is 0 Å². The number of carbonyl (C=O) groups is 2. The molecule has 5 rings (SSSR count). The van der Waals surface area contributed by atoms with Gasteiger partial charge in [0.1, 0.15) is 11.5 Å². The number of sulfonamides is 1. The molecule has 0 amide bonds. The van der Waals surface area contributed by atoms with E-state index in [4.69, 9.17) is 14.2 Å². The van der Waals surface area contributed by atoms with E-state index in [2.05, 4.69) is 0 Å². The summed E-state index contributed by atoms with van der Waals surface area (Å²) in [6, 6.07) is 19.5. The number of hydrogen-bond donors (Lipinski definition) is 0. The first-order chi connectivity index (χ1) is 17.3. The summed E-state index contributed by atoms with van der Waals surface area (Å²) < 4.78 is 45.8. The monoisotopic (exact) mass is 506 g/mol. The van der Waals surface area contributed by atoms with Gasteiger partial charge in [0.25, 0.3) is 15.9 Å². The van der Waals surface area contributed by atoms with E-state index in [0.717, 1.165) is 0 Å². The van der Waals surface area contributed by atoms with E-state index in [0.29, 0.717) is 22.3 Å². The minimum Gasteiger partial charge on any atom is -0.497 e. The van der Waals surface area contributed by atoms with Crippen molar-refractivity contribution in [3.05, 3.63) is 84.6 Å². The van der Waals surface area contributed by atoms with E-state index in [9.17, 15) is 18.0 Å². The van der Waals surface area contributed by atoms with Crippen LogP contribution < -0.4 is 13.8 Å². The Hall–Kier alpha value is -4.31. The van der Waals surface area contributed by atoms with Crippen LogP contribution in [0.15, 0.2) is 83.9 Å². The van der Waals surface area contributed by atoms with E-state index in [-0.39, 0.29) is 22.8 Å². The van der Waals surface area contributed by atoms with Crippen molar-refractivity contribution < 1.29 is 32.2 Å². The van der Waals surface area contributed by atoms with Crippen molar-refractivity contribution in [2.45, 2.75) is 11.0 Å². The summed E-state index contributed by atoms with van der Waals surface area (Å²) in [5.74, 6) is -0.337. The maximum Gasteiger partial charge on any atom is 0.340 e. The first-order valence-electron chi connectivity index (χ1n) is 11.0. The molecule has 0 saturated heterocycles. The van der Waals surface area contributed by atoms with Crippen LogP contribution in [0.25, 0.3) is 10.9 Å². The summed E-state index contributed by atoms with van der Waals surface area (Å²) in [6.07, 6.45) is 0.222. The molecule has 36 heavy (non-hydrogen) atoms. The van der Waals surface area contributed by atoms with E-state index in [1.54, 1.807) is 60.7 Å². The van der Waals surface area contributed by atoms with Crippen molar-refractivity contribution in [2.24, 2.45) is 0 Å². The van der Waals surface area contributed by atoms with Crippen LogP contribution in [0, 0.1) is 0 Å². The van der Waals surface area contributed by atoms with Gasteiger partial charge in [0.15, 0.2) is 6.10 Å². The highest BCUT2D eigenvalue weighted by atomic mass is 32.2. The second-order valence-electron chi connectivity index (χ2n) is 8.05. The third kappa shape index (κ3) is 3.85. The molecule has 4 aromatic rings. The van der Waals surface area contributed by atoms with E-state index in [1.807, 2.05) is 0 Å². The average molecular weight is 507 g/mol. The number of fused-ring (bicyclic) bond motifs is 2. The molecule has 0 fully saturated rings. The maximum atomic E-state index is 13.7. The molecule has 1 aromatic heterocycles. The number of nitrogens with zero attached hydrogens (tertiary/aromatic N) is 2. The van der Waals surface area contributed by atoms with Gasteiger partial charge in [-0.15, -0.1) is 0 Å². The summed E-state index contributed by atoms with van der Waals surface area (Å²) in [6.45, 7) is -0.260. The van der Waals surface area contributed by atoms with Gasteiger partial charge in [-0.3, -0.25) is 13.7 Å². The highest BCUT2D eigenvalue weighted by Crippen LogP contribution is 2.37. The number of carbonyl (C=O) groups excluding carboxylic acids is 2. The SMILES string of the molecule is COC(=O)c1cn(C(=O)C2CN(S(=O)(=O)c3ccc(OC)cc3)c3ccccc3O2)c2ccccc12. The molecule has 184 valence electrons. The van der Waals surface area contributed by atoms with Crippen LogP contribution >= 0.6 is 0 Å². The Morgan fingerprint density at radius 3 is 2.36 bits per heavy atom. The average Bonchev–Trinajstić information content (AvgIpc) is 3.31. The Kier molecular flexibility index (Phi) is 5.89. The Bertz CT molecular complexity index is 1580. The molecule has 0 aliphatic carbocycles. The second-order valence-corrected chi connectivity index (χ2v) is 9.91. The predicted molar refractivity (Wildman–Crippen MR) is 132 cm³/mol. The molecule has 1 unspecified atom stereocenters. The van der Waals surface area contributed by atoms with Gasteiger partial charge >= 0.3 is 5.97 Å². The highest BCUT2D eigenvalue weighted by molar-refractivity contribution is 7.92. The smallest absolute Gasteiger partial charge is 0.340 e. The molecule has 0 saturated carbocycles. The zero-order valence-corrected chi connectivity index (χ0v) is 20.3. The molecule has 2 heterocycles. The van der Waals surface area contributed by atoms with Gasteiger partial charge in [-0.25, -0.2) is 13.2 Å². The number of aromatic nitrogens is 1. The standard InChI is InChI=1S/C26H22N2O7S/c1-33-17-11-13-18(14-12-17)36(31,32)28-16-24(35-23-10-6-5-9-22(23)28)25(29)27-15-20(26(30)34-2)19-7-3-4-8-21(19)27/h3-15,24H,16H2,1-2H3. The topological polar surface area (TPSA) is 104 Å². The summed E-state index contributed by atoms with van der Waals surface area (Å²) in [4.78, 5) is 26.0. The van der Waals surface area contributed by atoms with Crippen LogP contribution in [0.2, 0.25) is 0 Å². The molecule has 0 N–H and O–H groups in total. The van der Waals surface area contributed by atoms with E-state index in [1.165, 1.54) is 41.4 Å². The second kappa shape index (κ2) is 9.04. The highest BCUT2D eigenvalue weighted by Gasteiger charge is 2.38. The lowest BCUT2D eigenvalue weighted by Crippen LogP contribution is -2.48. The third-order valence-corrected chi connectivity index (χ3v) is 7.81. The minimum absolute atomic E-state index is 0.0468. The van der Waals surface area contributed by atoms with E-state index < -0.39 is 28.0 Å². The van der Waals surface area contributed by atoms with Crippen molar-refractivity contribution in [2.75, 3.05) is 25.1 Å². The lowest BCUT2D eigenvalue weighted by molar-refractivity contribution is 0.0602. The molecule has 1 aliphatic heterocycles. The molecule has 9 nitrogen and oxygen atoms in total. The molecular formula is C26H22N2O7S. The van der Waals surface area contributed by atoms with Gasteiger partial charge in [0, 0.05) is 11.6 Å². The molecule has 0 spiro atoms. The summed E-state index contributed by atoms with van der Waals surface area (Å²) >= 11 is 0. The maximum absolute atomic E-state index is 13.7. The number of rotatable bonds is 5. The van der Waals surface area contributed by atoms with Crippen molar-refractivity contribution in [1.82, 2.24) is 4.57 Å². The molecular weight excluding hydrogens is 484 g/mol. The van der Waals surface area contributed by atoms with Gasteiger partial charge < -0.3 is 14.2 Å². The van der Waals surface area contributed by atoms with Crippen LogP contribution in [-0.2, 0) is 14.8 Å². The fourth-order valence-electron chi connectivity index (χ4n) is 4.22. The van der Waals surface area contributed by atoms with Crippen molar-refractivity contribution in [3.8, 4) is 11.5 Å². The van der Waals surface area contributed by atoms with Crippen molar-refractivity contribution >= 4 is 38.5 Å². The number of anilines is 1. The van der Waals surface area contributed by atoms with Crippen LogP contribution in [0.5, 0.6) is 11.5 Å². The fraction of sp³-hybridized carbons (Fsp3) is 0.154. The molecule has 1 atom stereocenters. The van der Waals surface area contributed by atoms with Crippen LogP contribution in [0.3, 0.4) is 0 Å². The molecule has 0 bridgehead atoms. The van der Waals surface area contributed by atoms with Crippen LogP contribution in [0.1, 0.15) is 15.2 Å². The van der Waals surface area contributed by atoms with Crippen molar-refractivity contribution in [1.29, 1.82) is 0 Å². The number of ether oxygens (including phenoxy) is 3. The van der Waals surface area contributed by atoms with E-state index >= 15 is 0 Å². The third-order valence-electron chi connectivity index (χ3n) is 6.01. The summed E-state index contributed by atoms with van der Waals surface area (Å²) in [5, 5.41) is 0.539. The normalized spacial score (nSPS) is 15.2. The number of hydrogen-bond acceptors (Lipinski definition) is 7. The number of para-hydroxylation sites is 3. The largest absolute Gasteiger partial charge is 0.497 e. The lowest BCUT2D eigenvalue weighted by Gasteiger charge is -2.34. The number of benzene rings is 3. The summed E-state index contributed by atoms with van der Waals surface area (Å²) in [5.41, 5.74) is 1.03. The van der Waals surface area contributed by atoms with Crippen LogP contribution in [0.4, 0.5) is 5.69 Å². The van der Waals surface area contributed by atoms with Gasteiger partial charge in [0.05, 0.1) is 42.4 Å². The Labute approximate surface area is 207 Å². The molecule has 3 aromatic carbocycles. The Morgan fingerprint density at radius 1 is 0.944 bits per heavy atom. The molecule has 10 heteroatoms. The van der Waals surface area contributed by atoms with Gasteiger partial charge in [0.2, 0.25) is 0 Å². The van der Waals surface area contributed by atoms with Crippen LogP contribution in [-0.4, -0.2) is 51.7 Å². The van der Waals surface area contributed by atoms with Gasteiger partial charge in [-0.1, -0.05) is 30.3 Å². The molecule has 0 radical (unpaired) electrons.